The number of imidazole rings is 2. The number of para-hydroxylation sites is 1. The summed E-state index contributed by atoms with van der Waals surface area (Å²) >= 11 is 0. The van der Waals surface area contributed by atoms with Crippen molar-refractivity contribution >= 4 is 29.5 Å². The van der Waals surface area contributed by atoms with Crippen LogP contribution in [0.25, 0.3) is 22.5 Å². The van der Waals surface area contributed by atoms with Crippen molar-refractivity contribution in [1.82, 2.24) is 40.4 Å². The zero-order valence-corrected chi connectivity index (χ0v) is 38.4. The highest BCUT2D eigenvalue weighted by Crippen LogP contribution is 2.47. The lowest BCUT2D eigenvalue weighted by Gasteiger charge is -2.33. The fourth-order valence-electron chi connectivity index (χ4n) is 9.96. The lowest BCUT2D eigenvalue weighted by Crippen LogP contribution is -2.51. The van der Waals surface area contributed by atoms with Gasteiger partial charge in [-0.3, -0.25) is 14.4 Å². The number of carbonyl (C=O) groups is 4. The van der Waals surface area contributed by atoms with Crippen molar-refractivity contribution < 1.29 is 23.9 Å². The number of anilines is 1. The maximum atomic E-state index is 13.7. The van der Waals surface area contributed by atoms with Crippen molar-refractivity contribution in [3.8, 4) is 22.5 Å². The van der Waals surface area contributed by atoms with Crippen molar-refractivity contribution in [3.05, 3.63) is 114 Å². The molecule has 0 aliphatic carbocycles. The number of H-pyrrole nitrogens is 2. The summed E-state index contributed by atoms with van der Waals surface area (Å²) in [6.45, 7) is 10.8. The van der Waals surface area contributed by atoms with Gasteiger partial charge in [0.1, 0.15) is 23.7 Å². The summed E-state index contributed by atoms with van der Waals surface area (Å²) < 4.78 is 4.80. The molecular formula is C51H63N9O5. The van der Waals surface area contributed by atoms with Crippen molar-refractivity contribution in [2.75, 3.05) is 25.1 Å². The largest absolute Gasteiger partial charge is 0.453 e. The number of aromatic nitrogens is 4. The van der Waals surface area contributed by atoms with Gasteiger partial charge < -0.3 is 40.0 Å². The normalized spacial score (nSPS) is 20.6. The first-order valence-corrected chi connectivity index (χ1v) is 23.3. The first-order valence-electron chi connectivity index (χ1n) is 23.3. The summed E-state index contributed by atoms with van der Waals surface area (Å²) in [5.74, 6) is 1.07. The number of amides is 4. The second-order valence-electron chi connectivity index (χ2n) is 18.3. The van der Waals surface area contributed by atoms with Crippen LogP contribution in [0.3, 0.4) is 0 Å². The average Bonchev–Trinajstić information content (AvgIpc) is 4.19. The van der Waals surface area contributed by atoms with E-state index in [4.69, 9.17) is 14.7 Å². The Labute approximate surface area is 381 Å². The minimum Gasteiger partial charge on any atom is -0.453 e. The molecule has 14 heteroatoms. The molecule has 3 aliphatic rings. The van der Waals surface area contributed by atoms with Crippen LogP contribution in [0, 0.1) is 11.8 Å². The van der Waals surface area contributed by atoms with Gasteiger partial charge in [0, 0.05) is 48.7 Å². The summed E-state index contributed by atoms with van der Waals surface area (Å²) in [5.41, 5.74) is 7.28. The molecule has 0 spiro atoms. The topological polar surface area (TPSA) is 169 Å². The lowest BCUT2D eigenvalue weighted by atomic mass is 10.0. The van der Waals surface area contributed by atoms with E-state index >= 15 is 0 Å². The van der Waals surface area contributed by atoms with E-state index in [1.54, 1.807) is 6.92 Å². The summed E-state index contributed by atoms with van der Waals surface area (Å²) in [7, 11) is 1.30. The monoisotopic (exact) mass is 881 g/mol. The van der Waals surface area contributed by atoms with E-state index in [9.17, 15) is 19.2 Å². The molecule has 5 heterocycles. The molecule has 65 heavy (non-hydrogen) atoms. The number of nitrogens with zero attached hydrogens (tertiary/aromatic N) is 5. The third-order valence-corrected chi connectivity index (χ3v) is 13.5. The number of rotatable bonds is 14. The molecule has 5 aromatic rings. The highest BCUT2D eigenvalue weighted by Gasteiger charge is 2.40. The van der Waals surface area contributed by atoms with Crippen molar-refractivity contribution in [2.24, 2.45) is 11.8 Å². The second-order valence-corrected chi connectivity index (χ2v) is 18.3. The minimum absolute atomic E-state index is 0.0278. The Kier molecular flexibility index (Phi) is 13.7. The number of carbonyl (C=O) groups excluding carboxylic acids is 4. The molecule has 6 atom stereocenters. The van der Waals surface area contributed by atoms with Gasteiger partial charge in [-0.2, -0.15) is 0 Å². The number of ether oxygens (including phenoxy) is 1. The van der Waals surface area contributed by atoms with Gasteiger partial charge in [-0.05, 0) is 73.6 Å². The Bertz CT molecular complexity index is 2280. The average molecular weight is 882 g/mol. The smallest absolute Gasteiger partial charge is 0.407 e. The first kappa shape index (κ1) is 45.1. The summed E-state index contributed by atoms with van der Waals surface area (Å²) in [5, 5.41) is 5.67. The van der Waals surface area contributed by atoms with Crippen LogP contribution >= 0.6 is 0 Å². The maximum absolute atomic E-state index is 13.7. The van der Waals surface area contributed by atoms with Crippen LogP contribution in [0.2, 0.25) is 0 Å². The number of benzene rings is 3. The summed E-state index contributed by atoms with van der Waals surface area (Å²) in [4.78, 5) is 74.8. The van der Waals surface area contributed by atoms with E-state index < -0.39 is 18.2 Å². The molecule has 342 valence electrons. The summed E-state index contributed by atoms with van der Waals surface area (Å²) in [6, 6.07) is 26.8. The fraction of sp³-hybridized carbons (Fsp3) is 0.451. The SMILES string of the molecule is CCC(=O)N[C@H](C(=O)N1CCC[C@H]1c1nc(-c2ccc(C3CCC(c4ccc(-c5c[nH]c([C@@H]6CCCN6C(=O)[C@@H](NC(=O)OC)C(C)C)n5)cc4)N3c3ccccc3)cc2)c[nH]1)C(C)C. The maximum Gasteiger partial charge on any atom is 0.407 e. The number of nitrogens with one attached hydrogen (secondary N) is 4. The molecule has 4 amide bonds. The molecule has 0 radical (unpaired) electrons. The highest BCUT2D eigenvalue weighted by atomic mass is 16.5. The number of hydrogen-bond acceptors (Lipinski definition) is 8. The molecule has 3 saturated heterocycles. The number of hydrogen-bond donors (Lipinski definition) is 4. The van der Waals surface area contributed by atoms with Gasteiger partial charge in [0.2, 0.25) is 17.7 Å². The third kappa shape index (κ3) is 9.53. The van der Waals surface area contributed by atoms with Gasteiger partial charge >= 0.3 is 6.09 Å². The van der Waals surface area contributed by atoms with Gasteiger partial charge in [-0.15, -0.1) is 0 Å². The van der Waals surface area contributed by atoms with Crippen LogP contribution < -0.4 is 15.5 Å². The van der Waals surface area contributed by atoms with E-state index in [1.165, 1.54) is 23.9 Å². The van der Waals surface area contributed by atoms with Crippen LogP contribution in [0.15, 0.2) is 91.3 Å². The van der Waals surface area contributed by atoms with Gasteiger partial charge in [0.05, 0.1) is 42.7 Å². The van der Waals surface area contributed by atoms with E-state index in [2.05, 4.69) is 104 Å². The zero-order chi connectivity index (χ0) is 45.8. The van der Waals surface area contributed by atoms with Crippen LogP contribution in [0.5, 0.6) is 0 Å². The third-order valence-electron chi connectivity index (χ3n) is 13.5. The number of methoxy groups -OCH3 is 1. The first-order chi connectivity index (χ1) is 31.4. The van der Waals surface area contributed by atoms with Crippen molar-refractivity contribution in [2.45, 2.75) is 116 Å². The molecule has 2 unspecified atom stereocenters. The van der Waals surface area contributed by atoms with E-state index in [-0.39, 0.29) is 53.7 Å². The van der Waals surface area contributed by atoms with Gasteiger partial charge in [-0.1, -0.05) is 101 Å². The standard InChI is InChI=1S/C51H63N9O5/c1-7-44(61)56-45(31(2)3)49(62)58-27-11-15-42(58)47-52-29-38(54-47)33-17-21-35(22-18-33)40-25-26-41(60(40)37-13-9-8-10-14-37)36-23-19-34(20-24-36)39-30-53-48(55-39)43-16-12-28-59(43)50(63)46(32(4)5)57-51(64)65-6/h8-10,13-14,17-24,29-32,40-43,45-46H,7,11-12,15-16,25-28H2,1-6H3,(H,52,54)(H,53,55)(H,56,61)(H,57,64)/t40?,41?,42-,43-,45-,46-/m0/s1. The van der Waals surface area contributed by atoms with Crippen LogP contribution in [-0.4, -0.2) is 85.8 Å². The lowest BCUT2D eigenvalue weighted by molar-refractivity contribution is -0.138. The second kappa shape index (κ2) is 19.7. The molecule has 4 N–H and O–H groups in total. The molecule has 8 rings (SSSR count). The van der Waals surface area contributed by atoms with Crippen LogP contribution in [0.4, 0.5) is 10.5 Å². The molecular weight excluding hydrogens is 819 g/mol. The Morgan fingerprint density at radius 2 is 1.11 bits per heavy atom. The number of aromatic amines is 2. The van der Waals surface area contributed by atoms with E-state index in [0.717, 1.165) is 72.7 Å². The Morgan fingerprint density at radius 3 is 1.54 bits per heavy atom. The van der Waals surface area contributed by atoms with Crippen molar-refractivity contribution in [3.63, 3.8) is 0 Å². The van der Waals surface area contributed by atoms with Gasteiger partial charge in [0.15, 0.2) is 0 Å². The zero-order valence-electron chi connectivity index (χ0n) is 38.4. The Balaban J connectivity index is 0.964. The number of likely N-dealkylation sites (tertiary alicyclic amines) is 2. The van der Waals surface area contributed by atoms with Crippen molar-refractivity contribution in [1.29, 1.82) is 0 Å². The van der Waals surface area contributed by atoms with Gasteiger partial charge in [-0.25, -0.2) is 14.8 Å². The highest BCUT2D eigenvalue weighted by molar-refractivity contribution is 5.88. The molecule has 0 bridgehead atoms. The Morgan fingerprint density at radius 1 is 0.646 bits per heavy atom. The van der Waals surface area contributed by atoms with Crippen LogP contribution in [0.1, 0.15) is 127 Å². The molecule has 3 aromatic carbocycles. The van der Waals surface area contributed by atoms with Crippen LogP contribution in [-0.2, 0) is 19.1 Å². The number of alkyl carbamates (subject to hydrolysis) is 1. The van der Waals surface area contributed by atoms with Gasteiger partial charge in [0.25, 0.3) is 0 Å². The predicted octanol–water partition coefficient (Wildman–Crippen LogP) is 8.81. The quantitative estimate of drug-likeness (QED) is 0.0858. The molecule has 3 aliphatic heterocycles. The molecule has 0 saturated carbocycles. The molecule has 3 fully saturated rings. The Hall–Kier alpha value is -6.44. The fourth-order valence-corrected chi connectivity index (χ4v) is 9.96. The minimum atomic E-state index is -0.688. The molecule has 14 nitrogen and oxygen atoms in total. The van der Waals surface area contributed by atoms with E-state index in [1.807, 2.05) is 49.9 Å². The predicted molar refractivity (Wildman–Crippen MR) is 250 cm³/mol. The summed E-state index contributed by atoms with van der Waals surface area (Å²) in [6.07, 6.45) is 8.87. The van der Waals surface area contributed by atoms with E-state index in [0.29, 0.717) is 19.5 Å². The molecule has 2 aromatic heterocycles.